The summed E-state index contributed by atoms with van der Waals surface area (Å²) < 4.78 is 0. The van der Waals surface area contributed by atoms with Gasteiger partial charge in [-0.15, -0.1) is 0 Å². The molecule has 3 N–H and O–H groups in total. The summed E-state index contributed by atoms with van der Waals surface area (Å²) in [6.07, 6.45) is 1.06. The summed E-state index contributed by atoms with van der Waals surface area (Å²) in [5, 5.41) is 10.4. The van der Waals surface area contributed by atoms with Gasteiger partial charge in [-0.1, -0.05) is 13.8 Å². The Morgan fingerprint density at radius 3 is 2.17 bits per heavy atom. The quantitative estimate of drug-likeness (QED) is 0.604. The highest BCUT2D eigenvalue weighted by Crippen LogP contribution is 2.16. The lowest BCUT2D eigenvalue weighted by atomic mass is 9.89. The predicted octanol–water partition coefficient (Wildman–Crippen LogP) is -0.581. The fourth-order valence-electron chi connectivity index (χ4n) is 1.34. The van der Waals surface area contributed by atoms with E-state index in [2.05, 4.69) is 19.6 Å². The smallest absolute Gasteiger partial charge is 0.0847 e. The van der Waals surface area contributed by atoms with Crippen molar-refractivity contribution in [2.24, 2.45) is 11.8 Å². The van der Waals surface area contributed by atoms with Crippen molar-refractivity contribution in [2.45, 2.75) is 39.7 Å². The molecule has 0 heterocycles. The van der Waals surface area contributed by atoms with Gasteiger partial charge in [-0.05, 0) is 25.7 Å². The third-order valence-electron chi connectivity index (χ3n) is 2.01. The van der Waals surface area contributed by atoms with Crippen molar-refractivity contribution in [1.29, 1.82) is 0 Å². The molecular weight excluding hydrogens is 154 g/mol. The zero-order valence-corrected chi connectivity index (χ0v) is 8.17. The van der Waals surface area contributed by atoms with Crippen molar-refractivity contribution in [3.05, 3.63) is 0 Å². The van der Waals surface area contributed by atoms with Crippen LogP contribution in [-0.2, 0) is 4.79 Å². The van der Waals surface area contributed by atoms with Crippen LogP contribution in [0.25, 0.3) is 0 Å². The molecule has 0 aliphatic heterocycles. The van der Waals surface area contributed by atoms with Gasteiger partial charge in [0.05, 0.1) is 6.04 Å². The maximum Gasteiger partial charge on any atom is 0.0847 e. The van der Waals surface area contributed by atoms with Gasteiger partial charge in [0.15, 0.2) is 0 Å². The fraction of sp³-hybridized carbons (Fsp3) is 0.889. The maximum absolute atomic E-state index is 10.4. The van der Waals surface area contributed by atoms with Crippen LogP contribution in [0.5, 0.6) is 0 Å². The highest BCUT2D eigenvalue weighted by atomic mass is 16.4. The average Bonchev–Trinajstić information content (AvgIpc) is 1.83. The van der Waals surface area contributed by atoms with E-state index in [-0.39, 0.29) is 18.4 Å². The van der Waals surface area contributed by atoms with Crippen molar-refractivity contribution in [1.82, 2.24) is 0 Å². The largest absolute Gasteiger partial charge is 0.550 e. The van der Waals surface area contributed by atoms with Crippen molar-refractivity contribution in [3.63, 3.8) is 0 Å². The molecule has 0 aromatic rings. The molecule has 0 saturated carbocycles. The van der Waals surface area contributed by atoms with Crippen molar-refractivity contribution in [3.8, 4) is 0 Å². The number of rotatable bonds is 5. The van der Waals surface area contributed by atoms with Crippen LogP contribution in [0, 0.1) is 11.8 Å². The standard InChI is InChI=1S/C9H19NO2/c1-6(2)4-8(7(3)10)5-9(11)12/h6-8H,4-5,10H2,1-3H3,(H,11,12)/t7-,8-/m0/s1. The van der Waals surface area contributed by atoms with E-state index in [1.165, 1.54) is 0 Å². The van der Waals surface area contributed by atoms with Gasteiger partial charge in [0, 0.05) is 11.9 Å². The van der Waals surface area contributed by atoms with E-state index in [1.54, 1.807) is 0 Å². The van der Waals surface area contributed by atoms with Gasteiger partial charge < -0.3 is 15.6 Å². The number of carboxylic acid groups (broad SMARTS) is 1. The maximum atomic E-state index is 10.4. The van der Waals surface area contributed by atoms with Gasteiger partial charge in [0.25, 0.3) is 0 Å². The molecule has 3 nitrogen and oxygen atoms in total. The van der Waals surface area contributed by atoms with E-state index in [0.29, 0.717) is 5.92 Å². The Labute approximate surface area is 74.0 Å². The molecule has 72 valence electrons. The van der Waals surface area contributed by atoms with Crippen molar-refractivity contribution >= 4 is 5.97 Å². The molecule has 0 aromatic heterocycles. The first-order valence-corrected chi connectivity index (χ1v) is 4.46. The summed E-state index contributed by atoms with van der Waals surface area (Å²) in [7, 11) is 0. The Kier molecular flexibility index (Phi) is 4.90. The van der Waals surface area contributed by atoms with Gasteiger partial charge in [-0.25, -0.2) is 0 Å². The van der Waals surface area contributed by atoms with Crippen molar-refractivity contribution in [2.75, 3.05) is 0 Å². The summed E-state index contributed by atoms with van der Waals surface area (Å²) in [5.41, 5.74) is 3.85. The molecule has 0 aliphatic carbocycles. The zero-order chi connectivity index (χ0) is 9.72. The van der Waals surface area contributed by atoms with E-state index >= 15 is 0 Å². The van der Waals surface area contributed by atoms with Crippen LogP contribution in [0.1, 0.15) is 33.6 Å². The summed E-state index contributed by atoms with van der Waals surface area (Å²) in [6.45, 7) is 6.13. The number of carboxylic acids is 1. The number of aliphatic carboxylic acids is 1. The van der Waals surface area contributed by atoms with Gasteiger partial charge in [0.1, 0.15) is 0 Å². The summed E-state index contributed by atoms with van der Waals surface area (Å²) in [6, 6.07) is 0.185. The third-order valence-corrected chi connectivity index (χ3v) is 2.01. The number of carbonyl (C=O) groups excluding carboxylic acids is 1. The SMILES string of the molecule is CC(C)C[C@@H](CC(=O)[O-])[C@H](C)[NH3+]. The Morgan fingerprint density at radius 2 is 1.92 bits per heavy atom. The van der Waals surface area contributed by atoms with Gasteiger partial charge >= 0.3 is 0 Å². The highest BCUT2D eigenvalue weighted by molar-refractivity contribution is 5.64. The monoisotopic (exact) mass is 173 g/mol. The van der Waals surface area contributed by atoms with E-state index < -0.39 is 5.97 Å². The molecule has 0 rings (SSSR count). The lowest BCUT2D eigenvalue weighted by Crippen LogP contribution is -2.63. The zero-order valence-electron chi connectivity index (χ0n) is 8.17. The fourth-order valence-corrected chi connectivity index (χ4v) is 1.34. The van der Waals surface area contributed by atoms with Crippen LogP contribution < -0.4 is 10.8 Å². The first-order valence-electron chi connectivity index (χ1n) is 4.46. The molecule has 0 spiro atoms. The molecule has 0 aliphatic rings. The summed E-state index contributed by atoms with van der Waals surface area (Å²) in [5.74, 6) is -0.273. The highest BCUT2D eigenvalue weighted by Gasteiger charge is 2.17. The topological polar surface area (TPSA) is 67.8 Å². The third kappa shape index (κ3) is 5.13. The van der Waals surface area contributed by atoms with Gasteiger partial charge in [0.2, 0.25) is 0 Å². The number of carbonyl (C=O) groups is 1. The normalized spacial score (nSPS) is 16.1. The molecule has 0 radical (unpaired) electrons. The molecule has 0 amide bonds. The summed E-state index contributed by atoms with van der Waals surface area (Å²) in [4.78, 5) is 10.4. The molecule has 0 saturated heterocycles. The van der Waals surface area contributed by atoms with Crippen LogP contribution in [-0.4, -0.2) is 12.0 Å². The number of hydrogen-bond donors (Lipinski definition) is 1. The second-order valence-corrected chi connectivity index (χ2v) is 3.94. The lowest BCUT2D eigenvalue weighted by molar-refractivity contribution is -0.429. The van der Waals surface area contributed by atoms with Gasteiger partial charge in [-0.2, -0.15) is 0 Å². The van der Waals surface area contributed by atoms with E-state index in [4.69, 9.17) is 0 Å². The van der Waals surface area contributed by atoms with Gasteiger partial charge in [-0.3, -0.25) is 0 Å². The van der Waals surface area contributed by atoms with E-state index in [0.717, 1.165) is 6.42 Å². The Bertz CT molecular complexity index is 143. The molecule has 0 bridgehead atoms. The lowest BCUT2D eigenvalue weighted by Gasteiger charge is -2.20. The second-order valence-electron chi connectivity index (χ2n) is 3.94. The minimum atomic E-state index is -0.962. The first-order chi connectivity index (χ1) is 5.43. The first kappa shape index (κ1) is 11.4. The Balaban J connectivity index is 3.95. The minimum absolute atomic E-state index is 0.142. The second kappa shape index (κ2) is 5.14. The summed E-state index contributed by atoms with van der Waals surface area (Å²) >= 11 is 0. The number of hydrogen-bond acceptors (Lipinski definition) is 2. The minimum Gasteiger partial charge on any atom is -0.550 e. The van der Waals surface area contributed by atoms with Crippen LogP contribution in [0.2, 0.25) is 0 Å². The molecule has 0 unspecified atom stereocenters. The molecule has 12 heavy (non-hydrogen) atoms. The average molecular weight is 173 g/mol. The Hall–Kier alpha value is -0.570. The molecule has 0 fully saturated rings. The predicted molar refractivity (Wildman–Crippen MR) is 44.9 cm³/mol. The molecular formula is C9H19NO2. The number of quaternary nitrogens is 1. The van der Waals surface area contributed by atoms with Crippen LogP contribution in [0.15, 0.2) is 0 Å². The van der Waals surface area contributed by atoms with Crippen LogP contribution >= 0.6 is 0 Å². The van der Waals surface area contributed by atoms with E-state index in [9.17, 15) is 9.90 Å². The van der Waals surface area contributed by atoms with Crippen molar-refractivity contribution < 1.29 is 15.6 Å². The van der Waals surface area contributed by atoms with Crippen LogP contribution in [0.3, 0.4) is 0 Å². The Morgan fingerprint density at radius 1 is 1.42 bits per heavy atom. The van der Waals surface area contributed by atoms with Crippen LogP contribution in [0.4, 0.5) is 0 Å². The molecule has 3 heteroatoms. The van der Waals surface area contributed by atoms with E-state index in [1.807, 2.05) is 6.92 Å². The molecule has 2 atom stereocenters. The molecule has 0 aromatic carbocycles.